The van der Waals surface area contributed by atoms with Crippen molar-refractivity contribution in [2.75, 3.05) is 56.6 Å². The minimum Gasteiger partial charge on any atom is -0.495 e. The van der Waals surface area contributed by atoms with E-state index in [1.165, 1.54) is 16.6 Å². The van der Waals surface area contributed by atoms with E-state index in [0.717, 1.165) is 57.9 Å². The predicted molar refractivity (Wildman–Crippen MR) is 114 cm³/mol. The molecule has 28 heavy (non-hydrogen) atoms. The summed E-state index contributed by atoms with van der Waals surface area (Å²) in [5.41, 5.74) is 1.41. The number of unbranched alkanes of at least 4 members (excludes halogenated alkanes) is 1. The summed E-state index contributed by atoms with van der Waals surface area (Å²) in [6.07, 6.45) is 3.55. The molecule has 1 saturated heterocycles. The van der Waals surface area contributed by atoms with Gasteiger partial charge in [0.2, 0.25) is 0 Å². The molecule has 0 atom stereocenters. The molecule has 1 N–H and O–H groups in total. The first-order valence-electron chi connectivity index (χ1n) is 9.66. The standard InChI is InChI=1S/C20H28ClN5O2/c1-24-20(27)19(16(21)15-23-24)22-9-5-6-10-25-11-13-26(14-12-25)17-7-3-4-8-18(17)28-2/h3-4,7-8,15,22H,5-6,9-14H2,1-2H3. The minimum atomic E-state index is -0.194. The van der Waals surface area contributed by atoms with Gasteiger partial charge >= 0.3 is 0 Å². The van der Waals surface area contributed by atoms with Gasteiger partial charge in [0.15, 0.2) is 0 Å². The Kier molecular flexibility index (Phi) is 7.17. The molecule has 0 bridgehead atoms. The molecule has 2 aromatic rings. The number of piperazine rings is 1. The van der Waals surface area contributed by atoms with Crippen LogP contribution in [-0.2, 0) is 7.05 Å². The highest BCUT2D eigenvalue weighted by Gasteiger charge is 2.19. The van der Waals surface area contributed by atoms with Crippen molar-refractivity contribution in [1.82, 2.24) is 14.7 Å². The monoisotopic (exact) mass is 405 g/mol. The molecule has 152 valence electrons. The number of aryl methyl sites for hydroxylation is 1. The zero-order valence-electron chi connectivity index (χ0n) is 16.5. The van der Waals surface area contributed by atoms with Crippen LogP contribution >= 0.6 is 11.6 Å². The van der Waals surface area contributed by atoms with Crippen LogP contribution in [0.1, 0.15) is 12.8 Å². The van der Waals surface area contributed by atoms with Gasteiger partial charge in [0, 0.05) is 39.8 Å². The Morgan fingerprint density at radius 3 is 2.68 bits per heavy atom. The summed E-state index contributed by atoms with van der Waals surface area (Å²) in [5, 5.41) is 7.42. The lowest BCUT2D eigenvalue weighted by atomic mass is 10.2. The molecule has 0 radical (unpaired) electrons. The van der Waals surface area contributed by atoms with Gasteiger partial charge in [-0.3, -0.25) is 9.69 Å². The molecule has 1 aromatic carbocycles. The molecule has 0 unspecified atom stereocenters. The van der Waals surface area contributed by atoms with Crippen molar-refractivity contribution in [3.63, 3.8) is 0 Å². The lowest BCUT2D eigenvalue weighted by Gasteiger charge is -2.36. The highest BCUT2D eigenvalue weighted by atomic mass is 35.5. The van der Waals surface area contributed by atoms with Gasteiger partial charge < -0.3 is 15.0 Å². The van der Waals surface area contributed by atoms with E-state index in [1.54, 1.807) is 14.2 Å². The molecule has 7 nitrogen and oxygen atoms in total. The van der Waals surface area contributed by atoms with E-state index in [1.807, 2.05) is 12.1 Å². The Bertz CT molecular complexity index is 834. The average Bonchev–Trinajstić information content (AvgIpc) is 2.73. The summed E-state index contributed by atoms with van der Waals surface area (Å²) < 4.78 is 6.77. The maximum atomic E-state index is 12.0. The van der Waals surface area contributed by atoms with Crippen LogP contribution in [-0.4, -0.2) is 61.1 Å². The molecular weight excluding hydrogens is 378 g/mol. The molecule has 1 fully saturated rings. The number of para-hydroxylation sites is 2. The van der Waals surface area contributed by atoms with Gasteiger partial charge in [0.25, 0.3) is 5.56 Å². The number of hydrogen-bond acceptors (Lipinski definition) is 6. The first kappa shape index (κ1) is 20.5. The average molecular weight is 406 g/mol. The van der Waals surface area contributed by atoms with Gasteiger partial charge in [-0.25, -0.2) is 4.68 Å². The van der Waals surface area contributed by atoms with E-state index in [9.17, 15) is 4.79 Å². The van der Waals surface area contributed by atoms with Crippen molar-refractivity contribution in [2.24, 2.45) is 7.05 Å². The molecule has 0 aliphatic carbocycles. The van der Waals surface area contributed by atoms with Gasteiger partial charge in [-0.15, -0.1) is 0 Å². The number of anilines is 2. The lowest BCUT2D eigenvalue weighted by molar-refractivity contribution is 0.253. The second-order valence-electron chi connectivity index (χ2n) is 6.93. The van der Waals surface area contributed by atoms with Crippen LogP contribution in [0.2, 0.25) is 5.02 Å². The first-order chi connectivity index (χ1) is 13.6. The number of benzene rings is 1. The van der Waals surface area contributed by atoms with Crippen LogP contribution in [0.15, 0.2) is 35.3 Å². The maximum Gasteiger partial charge on any atom is 0.291 e. The molecule has 3 rings (SSSR count). The number of rotatable bonds is 8. The van der Waals surface area contributed by atoms with Gasteiger partial charge in [-0.1, -0.05) is 23.7 Å². The fourth-order valence-electron chi connectivity index (χ4n) is 3.46. The molecule has 1 aliphatic heterocycles. The van der Waals surface area contributed by atoms with Crippen LogP contribution in [0.3, 0.4) is 0 Å². The van der Waals surface area contributed by atoms with Gasteiger partial charge in [0.05, 0.1) is 24.0 Å². The molecule has 0 amide bonds. The number of halogens is 1. The van der Waals surface area contributed by atoms with Crippen molar-refractivity contribution in [1.29, 1.82) is 0 Å². The van der Waals surface area contributed by atoms with Crippen LogP contribution in [0.4, 0.5) is 11.4 Å². The molecular formula is C20H28ClN5O2. The van der Waals surface area contributed by atoms with E-state index < -0.39 is 0 Å². The molecule has 1 aromatic heterocycles. The molecule has 8 heteroatoms. The van der Waals surface area contributed by atoms with Crippen LogP contribution in [0.5, 0.6) is 5.75 Å². The van der Waals surface area contributed by atoms with Crippen molar-refractivity contribution >= 4 is 23.0 Å². The minimum absolute atomic E-state index is 0.194. The number of hydrogen-bond donors (Lipinski definition) is 1. The molecule has 0 spiro atoms. The van der Waals surface area contributed by atoms with Crippen LogP contribution < -0.4 is 20.5 Å². The Labute approximate surface area is 170 Å². The summed E-state index contributed by atoms with van der Waals surface area (Å²) >= 11 is 6.06. The van der Waals surface area contributed by atoms with Gasteiger partial charge in [-0.2, -0.15) is 5.10 Å². The summed E-state index contributed by atoms with van der Waals surface area (Å²) in [7, 11) is 3.34. The second kappa shape index (κ2) is 9.80. The van der Waals surface area contributed by atoms with E-state index >= 15 is 0 Å². The quantitative estimate of drug-likeness (QED) is 0.681. The maximum absolute atomic E-state index is 12.0. The lowest BCUT2D eigenvalue weighted by Crippen LogP contribution is -2.46. The van der Waals surface area contributed by atoms with E-state index in [-0.39, 0.29) is 5.56 Å². The molecule has 0 saturated carbocycles. The Hall–Kier alpha value is -2.25. The first-order valence-corrected chi connectivity index (χ1v) is 10.0. The Morgan fingerprint density at radius 2 is 1.93 bits per heavy atom. The van der Waals surface area contributed by atoms with Crippen molar-refractivity contribution < 1.29 is 4.74 Å². The van der Waals surface area contributed by atoms with Gasteiger partial charge in [0.1, 0.15) is 11.4 Å². The van der Waals surface area contributed by atoms with E-state index in [4.69, 9.17) is 16.3 Å². The third-order valence-electron chi connectivity index (χ3n) is 5.09. The summed E-state index contributed by atoms with van der Waals surface area (Å²) in [6, 6.07) is 8.19. The van der Waals surface area contributed by atoms with Gasteiger partial charge in [-0.05, 0) is 31.5 Å². The Morgan fingerprint density at radius 1 is 1.18 bits per heavy atom. The fourth-order valence-corrected chi connectivity index (χ4v) is 3.65. The third-order valence-corrected chi connectivity index (χ3v) is 5.38. The van der Waals surface area contributed by atoms with Crippen LogP contribution in [0.25, 0.3) is 0 Å². The number of aromatic nitrogens is 2. The van der Waals surface area contributed by atoms with E-state index in [2.05, 4.69) is 32.3 Å². The summed E-state index contributed by atoms with van der Waals surface area (Å²) in [6.45, 7) is 5.87. The SMILES string of the molecule is COc1ccccc1N1CCN(CCCCNc2c(Cl)cnn(C)c2=O)CC1. The zero-order valence-corrected chi connectivity index (χ0v) is 17.3. The summed E-state index contributed by atoms with van der Waals surface area (Å²) in [5.74, 6) is 0.933. The highest BCUT2D eigenvalue weighted by molar-refractivity contribution is 6.32. The normalized spacial score (nSPS) is 14.9. The van der Waals surface area contributed by atoms with Crippen LogP contribution in [0, 0.1) is 0 Å². The third kappa shape index (κ3) is 4.97. The number of methoxy groups -OCH3 is 1. The topological polar surface area (TPSA) is 62.6 Å². The molecule has 1 aliphatic rings. The van der Waals surface area contributed by atoms with Crippen molar-refractivity contribution in [2.45, 2.75) is 12.8 Å². The van der Waals surface area contributed by atoms with E-state index in [0.29, 0.717) is 10.7 Å². The smallest absolute Gasteiger partial charge is 0.291 e. The number of nitrogens with zero attached hydrogens (tertiary/aromatic N) is 4. The number of ether oxygens (including phenoxy) is 1. The predicted octanol–water partition coefficient (Wildman–Crippen LogP) is 2.46. The van der Waals surface area contributed by atoms with Crippen molar-refractivity contribution in [3.8, 4) is 5.75 Å². The zero-order chi connectivity index (χ0) is 19.9. The fraction of sp³-hybridized carbons (Fsp3) is 0.500. The summed E-state index contributed by atoms with van der Waals surface area (Å²) in [4.78, 5) is 16.9. The van der Waals surface area contributed by atoms with Crippen molar-refractivity contribution in [3.05, 3.63) is 45.8 Å². The largest absolute Gasteiger partial charge is 0.495 e. The second-order valence-corrected chi connectivity index (χ2v) is 7.34. The highest BCUT2D eigenvalue weighted by Crippen LogP contribution is 2.28. The number of nitrogens with one attached hydrogen (secondary N) is 1. The molecule has 2 heterocycles. The Balaban J connectivity index is 1.38.